The van der Waals surface area contributed by atoms with Crippen LogP contribution in [0.1, 0.15) is 36.2 Å². The second-order valence-corrected chi connectivity index (χ2v) is 6.69. The molecule has 0 spiro atoms. The molecule has 4 N–H and O–H groups in total. The number of halogens is 1. The Hall–Kier alpha value is -2.57. The Morgan fingerprint density at radius 1 is 1.04 bits per heavy atom. The standard InChI is InChI=1S/C21H28N4O2.ClH/c1-16(2)23-21(27)24-19-11-9-18(10-12-19)20(26)25(14-6-13-22)15-17-7-4-3-5-8-17;/h3-5,7-12,16H,6,13-15,22H2,1-2H3,(H2,23,24,27);1H. The molecule has 152 valence electrons. The summed E-state index contributed by atoms with van der Waals surface area (Å²) in [6.07, 6.45) is 0.744. The molecule has 0 atom stereocenters. The topological polar surface area (TPSA) is 87.5 Å². The first-order valence-electron chi connectivity index (χ1n) is 9.20. The highest BCUT2D eigenvalue weighted by Gasteiger charge is 2.16. The van der Waals surface area contributed by atoms with Crippen molar-refractivity contribution in [3.05, 3.63) is 65.7 Å². The number of rotatable bonds is 8. The van der Waals surface area contributed by atoms with Gasteiger partial charge in [-0.25, -0.2) is 4.79 Å². The molecule has 2 aromatic rings. The molecule has 0 saturated heterocycles. The van der Waals surface area contributed by atoms with Crippen molar-refractivity contribution in [2.24, 2.45) is 5.73 Å². The maximum Gasteiger partial charge on any atom is 0.319 e. The molecule has 2 aromatic carbocycles. The molecule has 6 nitrogen and oxygen atoms in total. The van der Waals surface area contributed by atoms with Crippen LogP contribution in [0.4, 0.5) is 10.5 Å². The molecule has 0 unspecified atom stereocenters. The van der Waals surface area contributed by atoms with Crippen molar-refractivity contribution in [1.82, 2.24) is 10.2 Å². The number of hydrogen-bond donors (Lipinski definition) is 3. The van der Waals surface area contributed by atoms with Crippen LogP contribution in [0.25, 0.3) is 0 Å². The van der Waals surface area contributed by atoms with Crippen LogP contribution in [0.15, 0.2) is 54.6 Å². The van der Waals surface area contributed by atoms with Crippen LogP contribution in [0, 0.1) is 0 Å². The molecule has 0 heterocycles. The highest BCUT2D eigenvalue weighted by molar-refractivity contribution is 5.95. The van der Waals surface area contributed by atoms with Gasteiger partial charge >= 0.3 is 6.03 Å². The van der Waals surface area contributed by atoms with Crippen LogP contribution in [-0.4, -0.2) is 36.0 Å². The Labute approximate surface area is 172 Å². The summed E-state index contributed by atoms with van der Waals surface area (Å²) in [5.41, 5.74) is 7.92. The Morgan fingerprint density at radius 3 is 2.25 bits per heavy atom. The Bertz CT molecular complexity index is 736. The van der Waals surface area contributed by atoms with Crippen LogP contribution >= 0.6 is 12.4 Å². The second-order valence-electron chi connectivity index (χ2n) is 6.69. The van der Waals surface area contributed by atoms with Crippen LogP contribution in [-0.2, 0) is 6.54 Å². The molecule has 0 aliphatic heterocycles. The van der Waals surface area contributed by atoms with Gasteiger partial charge in [-0.3, -0.25) is 4.79 Å². The number of hydrogen-bond acceptors (Lipinski definition) is 3. The molecule has 0 aliphatic carbocycles. The first-order valence-corrected chi connectivity index (χ1v) is 9.20. The number of nitrogens with zero attached hydrogens (tertiary/aromatic N) is 1. The molecule has 3 amide bonds. The summed E-state index contributed by atoms with van der Waals surface area (Å²) in [6.45, 7) is 5.46. The number of carbonyl (C=O) groups is 2. The van der Waals surface area contributed by atoms with Crippen molar-refractivity contribution in [2.45, 2.75) is 32.9 Å². The summed E-state index contributed by atoms with van der Waals surface area (Å²) in [5.74, 6) is -0.0505. The lowest BCUT2D eigenvalue weighted by molar-refractivity contribution is 0.0742. The largest absolute Gasteiger partial charge is 0.336 e. The van der Waals surface area contributed by atoms with Crippen molar-refractivity contribution >= 4 is 30.0 Å². The third kappa shape index (κ3) is 7.58. The zero-order valence-electron chi connectivity index (χ0n) is 16.4. The van der Waals surface area contributed by atoms with Gasteiger partial charge in [-0.1, -0.05) is 30.3 Å². The van der Waals surface area contributed by atoms with Crippen molar-refractivity contribution in [2.75, 3.05) is 18.4 Å². The average molecular weight is 405 g/mol. The number of urea groups is 1. The molecule has 0 aliphatic rings. The van der Waals surface area contributed by atoms with Crippen LogP contribution in [0.3, 0.4) is 0 Å². The van der Waals surface area contributed by atoms with Gasteiger partial charge < -0.3 is 21.3 Å². The van der Waals surface area contributed by atoms with E-state index in [1.807, 2.05) is 44.2 Å². The maximum atomic E-state index is 12.9. The van der Waals surface area contributed by atoms with Gasteiger partial charge in [0.1, 0.15) is 0 Å². The zero-order chi connectivity index (χ0) is 19.6. The SMILES string of the molecule is CC(C)NC(=O)Nc1ccc(C(=O)N(CCCN)Cc2ccccc2)cc1.Cl. The van der Waals surface area contributed by atoms with Gasteiger partial charge in [0, 0.05) is 30.4 Å². The molecule has 7 heteroatoms. The lowest BCUT2D eigenvalue weighted by Gasteiger charge is -2.23. The fourth-order valence-corrected chi connectivity index (χ4v) is 2.65. The predicted molar refractivity (Wildman–Crippen MR) is 116 cm³/mol. The van der Waals surface area contributed by atoms with Crippen LogP contribution < -0.4 is 16.4 Å². The smallest absolute Gasteiger partial charge is 0.319 e. The quantitative estimate of drug-likeness (QED) is 0.627. The third-order valence-corrected chi connectivity index (χ3v) is 3.95. The van der Waals surface area contributed by atoms with E-state index in [0.717, 1.165) is 12.0 Å². The van der Waals surface area contributed by atoms with E-state index in [1.54, 1.807) is 29.2 Å². The minimum atomic E-state index is -0.266. The number of anilines is 1. The minimum Gasteiger partial charge on any atom is -0.336 e. The van der Waals surface area contributed by atoms with Gasteiger partial charge in [-0.15, -0.1) is 12.4 Å². The normalized spacial score (nSPS) is 10.1. The van der Waals surface area contributed by atoms with E-state index in [9.17, 15) is 9.59 Å². The fraction of sp³-hybridized carbons (Fsp3) is 0.333. The summed E-state index contributed by atoms with van der Waals surface area (Å²) >= 11 is 0. The fourth-order valence-electron chi connectivity index (χ4n) is 2.65. The molecule has 0 fully saturated rings. The van der Waals surface area contributed by atoms with Gasteiger partial charge in [-0.05, 0) is 56.6 Å². The summed E-state index contributed by atoms with van der Waals surface area (Å²) < 4.78 is 0. The second kappa shape index (κ2) is 12.0. The Balaban J connectivity index is 0.00000392. The monoisotopic (exact) mass is 404 g/mol. The highest BCUT2D eigenvalue weighted by atomic mass is 35.5. The lowest BCUT2D eigenvalue weighted by atomic mass is 10.1. The Morgan fingerprint density at radius 2 is 1.68 bits per heavy atom. The lowest BCUT2D eigenvalue weighted by Crippen LogP contribution is -2.34. The van der Waals surface area contributed by atoms with Gasteiger partial charge in [0.2, 0.25) is 0 Å². The van der Waals surface area contributed by atoms with E-state index < -0.39 is 0 Å². The molecule has 0 radical (unpaired) electrons. The summed E-state index contributed by atoms with van der Waals surface area (Å²) in [6, 6.07) is 16.6. The summed E-state index contributed by atoms with van der Waals surface area (Å²) in [4.78, 5) is 26.5. The maximum absolute atomic E-state index is 12.9. The number of nitrogens with two attached hydrogens (primary N) is 1. The van der Waals surface area contributed by atoms with Crippen LogP contribution in [0.2, 0.25) is 0 Å². The van der Waals surface area contributed by atoms with E-state index >= 15 is 0 Å². The third-order valence-electron chi connectivity index (χ3n) is 3.95. The van der Waals surface area contributed by atoms with Crippen molar-refractivity contribution in [3.63, 3.8) is 0 Å². The molecule has 0 aromatic heterocycles. The number of amides is 3. The van der Waals surface area contributed by atoms with Gasteiger partial charge in [-0.2, -0.15) is 0 Å². The molecule has 28 heavy (non-hydrogen) atoms. The number of carbonyl (C=O) groups excluding carboxylic acids is 2. The predicted octanol–water partition coefficient (Wildman–Crippen LogP) is 3.63. The zero-order valence-corrected chi connectivity index (χ0v) is 17.2. The highest BCUT2D eigenvalue weighted by Crippen LogP contribution is 2.14. The molecule has 0 saturated carbocycles. The van der Waals surface area contributed by atoms with E-state index in [0.29, 0.717) is 30.9 Å². The number of nitrogens with one attached hydrogen (secondary N) is 2. The van der Waals surface area contributed by atoms with Crippen molar-refractivity contribution in [1.29, 1.82) is 0 Å². The molecular weight excluding hydrogens is 376 g/mol. The van der Waals surface area contributed by atoms with Crippen molar-refractivity contribution in [3.8, 4) is 0 Å². The average Bonchev–Trinajstić information content (AvgIpc) is 2.65. The number of benzene rings is 2. The summed E-state index contributed by atoms with van der Waals surface area (Å²) in [7, 11) is 0. The van der Waals surface area contributed by atoms with Gasteiger partial charge in [0.25, 0.3) is 5.91 Å². The van der Waals surface area contributed by atoms with Crippen molar-refractivity contribution < 1.29 is 9.59 Å². The Kier molecular flexibility index (Phi) is 10.1. The molecule has 2 rings (SSSR count). The van der Waals surface area contributed by atoms with E-state index in [1.165, 1.54) is 0 Å². The van der Waals surface area contributed by atoms with Gasteiger partial charge in [0.05, 0.1) is 0 Å². The first kappa shape index (κ1) is 23.5. The van der Waals surface area contributed by atoms with Gasteiger partial charge in [0.15, 0.2) is 0 Å². The molecular formula is C21H29ClN4O2. The van der Waals surface area contributed by atoms with Crippen LogP contribution in [0.5, 0.6) is 0 Å². The van der Waals surface area contributed by atoms with E-state index in [-0.39, 0.29) is 30.4 Å². The van der Waals surface area contributed by atoms with E-state index in [4.69, 9.17) is 5.73 Å². The minimum absolute atomic E-state index is 0. The summed E-state index contributed by atoms with van der Waals surface area (Å²) in [5, 5.41) is 5.51. The first-order chi connectivity index (χ1) is 13.0. The molecule has 0 bridgehead atoms. The van der Waals surface area contributed by atoms with E-state index in [2.05, 4.69) is 10.6 Å².